The molecule has 0 radical (unpaired) electrons. The summed E-state index contributed by atoms with van der Waals surface area (Å²) in [4.78, 5) is 25.8. The first kappa shape index (κ1) is 32.2. The zero-order valence-electron chi connectivity index (χ0n) is 25.2. The van der Waals surface area contributed by atoms with Crippen LogP contribution in [0, 0.1) is 11.8 Å². The van der Waals surface area contributed by atoms with Crippen LogP contribution in [0.2, 0.25) is 0 Å². The number of fused-ring (bicyclic) bond motifs is 1. The number of hydrogen-bond acceptors (Lipinski definition) is 10. The van der Waals surface area contributed by atoms with Crippen molar-refractivity contribution >= 4 is 37.0 Å². The summed E-state index contributed by atoms with van der Waals surface area (Å²) in [5.74, 6) is 0.985. The number of oxime groups is 1. The zero-order chi connectivity index (χ0) is 29.3. The van der Waals surface area contributed by atoms with Gasteiger partial charge in [-0.1, -0.05) is 39.3 Å². The van der Waals surface area contributed by atoms with Crippen LogP contribution in [-0.2, 0) is 25.4 Å². The number of imidazole rings is 1. The Bertz CT molecular complexity index is 1100. The third kappa shape index (κ3) is 9.93. The molecule has 3 N–H and O–H groups in total. The molecule has 0 aliphatic heterocycles. The number of rotatable bonds is 15. The number of nitrogens with one attached hydrogen (secondary N) is 1. The van der Waals surface area contributed by atoms with Crippen molar-refractivity contribution in [2.24, 2.45) is 17.0 Å². The van der Waals surface area contributed by atoms with Crippen LogP contribution in [0.15, 0.2) is 17.8 Å². The van der Waals surface area contributed by atoms with E-state index in [9.17, 15) is 4.79 Å². The Morgan fingerprint density at radius 2 is 1.80 bits per heavy atom. The van der Waals surface area contributed by atoms with E-state index in [2.05, 4.69) is 52.9 Å². The predicted molar refractivity (Wildman–Crippen MR) is 160 cm³/mol. The van der Waals surface area contributed by atoms with E-state index < -0.39 is 13.8 Å². The summed E-state index contributed by atoms with van der Waals surface area (Å²) in [6.45, 7) is 14.8. The zero-order valence-corrected chi connectivity index (χ0v) is 26.1. The van der Waals surface area contributed by atoms with E-state index in [0.29, 0.717) is 35.4 Å². The summed E-state index contributed by atoms with van der Waals surface area (Å²) in [6.07, 6.45) is 10.1. The molecule has 2 aromatic rings. The lowest BCUT2D eigenvalue weighted by Crippen LogP contribution is -2.47. The molecule has 0 bridgehead atoms. The van der Waals surface area contributed by atoms with Crippen molar-refractivity contribution in [2.75, 3.05) is 12.1 Å². The molecule has 2 aromatic heterocycles. The van der Waals surface area contributed by atoms with E-state index in [4.69, 9.17) is 19.8 Å². The molecule has 0 saturated heterocycles. The maximum atomic E-state index is 13.2. The van der Waals surface area contributed by atoms with Gasteiger partial charge >= 0.3 is 5.97 Å². The van der Waals surface area contributed by atoms with Crippen molar-refractivity contribution in [2.45, 2.75) is 118 Å². The van der Waals surface area contributed by atoms with Crippen molar-refractivity contribution < 1.29 is 18.9 Å². The quantitative estimate of drug-likeness (QED) is 0.116. The molecule has 2 atom stereocenters. The summed E-state index contributed by atoms with van der Waals surface area (Å²) in [5.41, 5.74) is 7.20. The molecule has 1 saturated carbocycles. The second-order valence-electron chi connectivity index (χ2n) is 12.2. The highest BCUT2D eigenvalue weighted by atomic mass is 31.2. The number of anilines is 1. The van der Waals surface area contributed by atoms with E-state index in [1.165, 1.54) is 12.7 Å². The number of esters is 1. The maximum absolute atomic E-state index is 13.2. The lowest BCUT2D eigenvalue weighted by Gasteiger charge is -2.31. The summed E-state index contributed by atoms with van der Waals surface area (Å²) in [6, 6.07) is 0. The van der Waals surface area contributed by atoms with Crippen molar-refractivity contribution in [3.05, 3.63) is 12.7 Å². The number of aromatic nitrogens is 4. The van der Waals surface area contributed by atoms with Gasteiger partial charge in [0, 0.05) is 0 Å². The van der Waals surface area contributed by atoms with Crippen LogP contribution in [0.25, 0.3) is 11.2 Å². The van der Waals surface area contributed by atoms with Crippen molar-refractivity contribution in [3.8, 4) is 0 Å². The van der Waals surface area contributed by atoms with Crippen molar-refractivity contribution in [3.63, 3.8) is 0 Å². The molecule has 40 heavy (non-hydrogen) atoms. The fourth-order valence-electron chi connectivity index (χ4n) is 4.68. The first-order valence-electron chi connectivity index (χ1n) is 14.5. The third-order valence-corrected chi connectivity index (χ3v) is 8.13. The molecule has 12 heteroatoms. The molecule has 0 aromatic carbocycles. The number of ether oxygens (including phenoxy) is 2. The van der Waals surface area contributed by atoms with Crippen LogP contribution in [-0.4, -0.2) is 55.3 Å². The van der Waals surface area contributed by atoms with Crippen molar-refractivity contribution in [1.82, 2.24) is 24.6 Å². The number of nitrogen functional groups attached to an aromatic ring is 1. The highest BCUT2D eigenvalue weighted by Crippen LogP contribution is 2.37. The SMILES string of the molecule is CC(C)CC(CC(C)C)=NOP(CO[C@H](C)Cn1cnc2c(N)ncnc21)NC(C)(C)C(=O)OC1CCCCC1. The predicted octanol–water partition coefficient (Wildman–Crippen LogP) is 5.79. The average Bonchev–Trinajstić information content (AvgIpc) is 3.29. The topological polar surface area (TPSA) is 139 Å². The molecular formula is C28H48N7O4P. The minimum absolute atomic E-state index is 0.0182. The maximum Gasteiger partial charge on any atom is 0.326 e. The van der Waals surface area contributed by atoms with Gasteiger partial charge in [-0.05, 0) is 71.1 Å². The fourth-order valence-corrected chi connectivity index (χ4v) is 6.15. The van der Waals surface area contributed by atoms with Crippen LogP contribution in [0.4, 0.5) is 5.82 Å². The molecule has 11 nitrogen and oxygen atoms in total. The summed E-state index contributed by atoms with van der Waals surface area (Å²) >= 11 is 0. The van der Waals surface area contributed by atoms with E-state index in [0.717, 1.165) is 44.2 Å². The minimum atomic E-state index is -1.45. The minimum Gasteiger partial charge on any atom is -0.461 e. The van der Waals surface area contributed by atoms with Gasteiger partial charge in [-0.3, -0.25) is 4.79 Å². The lowest BCUT2D eigenvalue weighted by molar-refractivity contribution is -0.156. The van der Waals surface area contributed by atoms with Gasteiger partial charge in [0.2, 0.25) is 8.30 Å². The van der Waals surface area contributed by atoms with Gasteiger partial charge in [-0.2, -0.15) is 0 Å². The number of nitrogens with zero attached hydrogens (tertiary/aromatic N) is 5. The standard InChI is InChI=1S/C28H48N7O4P/c1-19(2)13-22(14-20(3)4)33-39-40(34-28(6,7)27(36)38-23-11-9-8-10-12-23)18-37-21(5)15-35-17-32-24-25(29)30-16-31-26(24)35/h16-17,19-21,23,34H,8-15,18H2,1-7H3,(H2,29,30,31)/t21-,40?/m1/s1. The first-order valence-corrected chi connectivity index (χ1v) is 15.9. The second-order valence-corrected chi connectivity index (χ2v) is 13.6. The van der Waals surface area contributed by atoms with Gasteiger partial charge in [-0.15, -0.1) is 0 Å². The molecule has 1 fully saturated rings. The van der Waals surface area contributed by atoms with Gasteiger partial charge in [0.15, 0.2) is 11.5 Å². The van der Waals surface area contributed by atoms with E-state index >= 15 is 0 Å². The Labute approximate surface area is 239 Å². The van der Waals surface area contributed by atoms with Crippen LogP contribution < -0.4 is 10.8 Å². The van der Waals surface area contributed by atoms with Crippen LogP contribution in [0.3, 0.4) is 0 Å². The Hall–Kier alpha value is -2.36. The van der Waals surface area contributed by atoms with Crippen LogP contribution in [0.1, 0.15) is 93.4 Å². The van der Waals surface area contributed by atoms with Gasteiger partial charge in [0.25, 0.3) is 0 Å². The first-order chi connectivity index (χ1) is 18.9. The largest absolute Gasteiger partial charge is 0.461 e. The summed E-state index contributed by atoms with van der Waals surface area (Å²) < 4.78 is 20.1. The Balaban J connectivity index is 1.69. The van der Waals surface area contributed by atoms with E-state index in [1.54, 1.807) is 6.33 Å². The van der Waals surface area contributed by atoms with Gasteiger partial charge < -0.3 is 24.4 Å². The molecule has 224 valence electrons. The fraction of sp³-hybridized carbons (Fsp3) is 0.750. The number of hydrogen-bond donors (Lipinski definition) is 2. The molecule has 1 unspecified atom stereocenters. The molecule has 0 amide bonds. The van der Waals surface area contributed by atoms with Crippen molar-refractivity contribution in [1.29, 1.82) is 0 Å². The Morgan fingerprint density at radius 1 is 1.12 bits per heavy atom. The second kappa shape index (κ2) is 15.0. The molecular weight excluding hydrogens is 529 g/mol. The monoisotopic (exact) mass is 577 g/mol. The highest BCUT2D eigenvalue weighted by Gasteiger charge is 2.35. The van der Waals surface area contributed by atoms with Gasteiger partial charge in [0.1, 0.15) is 29.8 Å². The number of carbonyl (C=O) groups is 1. The molecule has 2 heterocycles. The van der Waals surface area contributed by atoms with Gasteiger partial charge in [0.05, 0.1) is 24.7 Å². The summed E-state index contributed by atoms with van der Waals surface area (Å²) in [5, 5.41) is 7.95. The molecule has 0 spiro atoms. The Kier molecular flexibility index (Phi) is 12.1. The molecule has 1 aliphatic rings. The van der Waals surface area contributed by atoms with Crippen LogP contribution >= 0.6 is 8.30 Å². The van der Waals surface area contributed by atoms with E-state index in [-0.39, 0.29) is 24.5 Å². The smallest absolute Gasteiger partial charge is 0.326 e. The van der Waals surface area contributed by atoms with Crippen LogP contribution in [0.5, 0.6) is 0 Å². The average molecular weight is 578 g/mol. The highest BCUT2D eigenvalue weighted by molar-refractivity contribution is 7.50. The van der Waals surface area contributed by atoms with E-state index in [1.807, 2.05) is 25.3 Å². The third-order valence-electron chi connectivity index (χ3n) is 6.66. The normalized spacial score (nSPS) is 16.3. The Morgan fingerprint density at radius 3 is 2.45 bits per heavy atom. The number of carbonyl (C=O) groups excluding carboxylic acids is 1. The lowest BCUT2D eigenvalue weighted by atomic mass is 9.97. The van der Waals surface area contributed by atoms with Gasteiger partial charge in [-0.25, -0.2) is 20.0 Å². The number of nitrogens with two attached hydrogens (primary N) is 1. The molecule has 1 aliphatic carbocycles. The summed E-state index contributed by atoms with van der Waals surface area (Å²) in [7, 11) is -1.45. The molecule has 3 rings (SSSR count).